The fourth-order valence-corrected chi connectivity index (χ4v) is 3.84. The number of pyridine rings is 1. The molecule has 1 aromatic heterocycles. The number of aromatic nitrogens is 1. The summed E-state index contributed by atoms with van der Waals surface area (Å²) in [6.07, 6.45) is -6.35. The average molecular weight is 587 g/mol. The second kappa shape index (κ2) is 12.7. The number of alkyl halides is 6. The van der Waals surface area contributed by atoms with Gasteiger partial charge in [0.2, 0.25) is 0 Å². The van der Waals surface area contributed by atoms with Crippen LogP contribution in [-0.2, 0) is 22.6 Å². The Morgan fingerprint density at radius 3 is 1.95 bits per heavy atom. The Balaban J connectivity index is 0.000000282. The molecule has 0 saturated carbocycles. The molecule has 12 heteroatoms. The average Bonchev–Trinajstić information content (AvgIpc) is 2.87. The van der Waals surface area contributed by atoms with Crippen LogP contribution in [0.4, 0.5) is 37.8 Å². The van der Waals surface area contributed by atoms with Crippen LogP contribution in [0.2, 0.25) is 5.02 Å². The molecule has 0 unspecified atom stereocenters. The van der Waals surface area contributed by atoms with Crippen LogP contribution in [0.15, 0.2) is 48.7 Å². The molecule has 1 heterocycles. The number of benzene rings is 2. The summed E-state index contributed by atoms with van der Waals surface area (Å²) in [4.78, 5) is 17.2. The minimum atomic E-state index is -4.91. The molecular formula is C28H29ClF6N4O. The Morgan fingerprint density at radius 2 is 1.52 bits per heavy atom. The number of anilines is 2. The van der Waals surface area contributed by atoms with E-state index >= 15 is 0 Å². The molecule has 0 bridgehead atoms. The Morgan fingerprint density at radius 1 is 0.975 bits per heavy atom. The molecule has 0 spiro atoms. The lowest BCUT2D eigenvalue weighted by molar-refractivity contribution is -0.143. The van der Waals surface area contributed by atoms with Gasteiger partial charge in [-0.2, -0.15) is 26.3 Å². The molecule has 0 aliphatic heterocycles. The molecule has 2 N–H and O–H groups in total. The molecular weight excluding hydrogens is 558 g/mol. The molecule has 3 rings (SSSR count). The Hall–Kier alpha value is -3.60. The lowest BCUT2D eigenvalue weighted by atomic mass is 9.84. The first kappa shape index (κ1) is 32.6. The van der Waals surface area contributed by atoms with E-state index in [0.29, 0.717) is 29.3 Å². The van der Waals surface area contributed by atoms with Gasteiger partial charge in [0, 0.05) is 48.4 Å². The van der Waals surface area contributed by atoms with Crippen LogP contribution < -0.4 is 10.2 Å². The third-order valence-corrected chi connectivity index (χ3v) is 6.04. The van der Waals surface area contributed by atoms with E-state index in [1.165, 1.54) is 20.1 Å². The summed E-state index contributed by atoms with van der Waals surface area (Å²) in [6, 6.07) is 8.82. The standard InChI is InChI=1S/C16H19ClN4.C12H10F6O/c1-4-19-16-13(9-18)15(14(10-20-16)21(2)3)11-6-5-7-12(17)8-11;1-10(2,6-19)7-3-8(11(13,14)15)5-9(4-7)12(16,17)18/h5-10,18H,4H2,1-3H3,(H,19,20);3-6H,1-2H3. The van der Waals surface area contributed by atoms with Gasteiger partial charge < -0.3 is 20.4 Å². The topological polar surface area (TPSA) is 69.1 Å². The molecule has 0 aliphatic rings. The maximum absolute atomic E-state index is 12.6. The molecule has 0 saturated heterocycles. The van der Waals surface area contributed by atoms with Gasteiger partial charge >= 0.3 is 12.4 Å². The zero-order valence-corrected chi connectivity index (χ0v) is 23.2. The summed E-state index contributed by atoms with van der Waals surface area (Å²) in [6.45, 7) is 5.25. The van der Waals surface area contributed by atoms with E-state index in [0.717, 1.165) is 28.9 Å². The van der Waals surface area contributed by atoms with Gasteiger partial charge in [-0.15, -0.1) is 0 Å². The first-order valence-corrected chi connectivity index (χ1v) is 12.3. The zero-order chi connectivity index (χ0) is 30.5. The molecule has 40 heavy (non-hydrogen) atoms. The van der Waals surface area contributed by atoms with Crippen LogP contribution in [-0.4, -0.2) is 38.1 Å². The molecule has 0 atom stereocenters. The highest BCUT2D eigenvalue weighted by Gasteiger charge is 2.38. The van der Waals surface area contributed by atoms with Gasteiger partial charge in [0.15, 0.2) is 0 Å². The number of rotatable bonds is 7. The summed E-state index contributed by atoms with van der Waals surface area (Å²) in [5, 5.41) is 11.7. The Labute approximate surface area is 233 Å². The highest BCUT2D eigenvalue weighted by Crippen LogP contribution is 2.39. The first-order chi connectivity index (χ1) is 18.5. The second-order valence-corrected chi connectivity index (χ2v) is 9.93. The van der Waals surface area contributed by atoms with Gasteiger partial charge in [-0.25, -0.2) is 4.98 Å². The maximum Gasteiger partial charge on any atom is 0.416 e. The maximum atomic E-state index is 12.6. The number of hydrogen-bond donors (Lipinski definition) is 2. The van der Waals surface area contributed by atoms with Crippen molar-refractivity contribution in [3.8, 4) is 11.1 Å². The SMILES string of the molecule is CC(C)(C=O)c1cc(C(F)(F)F)cc(C(F)(F)F)c1.CCNc1ncc(N(C)C)c(-c2cccc(Cl)c2)c1C=N. The summed E-state index contributed by atoms with van der Waals surface area (Å²) >= 11 is 6.12. The van der Waals surface area contributed by atoms with Crippen molar-refractivity contribution in [2.45, 2.75) is 38.5 Å². The van der Waals surface area contributed by atoms with Gasteiger partial charge in [-0.3, -0.25) is 0 Å². The van der Waals surface area contributed by atoms with Crippen molar-refractivity contribution in [3.63, 3.8) is 0 Å². The van der Waals surface area contributed by atoms with Crippen LogP contribution in [0, 0.1) is 5.41 Å². The molecule has 2 aromatic carbocycles. The van der Waals surface area contributed by atoms with Gasteiger partial charge in [-0.1, -0.05) is 23.7 Å². The lowest BCUT2D eigenvalue weighted by Gasteiger charge is -2.21. The fraction of sp³-hybridized carbons (Fsp3) is 0.321. The van der Waals surface area contributed by atoms with Gasteiger partial charge in [0.25, 0.3) is 0 Å². The van der Waals surface area contributed by atoms with E-state index in [4.69, 9.17) is 17.0 Å². The van der Waals surface area contributed by atoms with Crippen molar-refractivity contribution < 1.29 is 31.1 Å². The minimum absolute atomic E-state index is 0.0321. The van der Waals surface area contributed by atoms with E-state index < -0.39 is 28.9 Å². The number of aldehydes is 1. The molecule has 216 valence electrons. The molecule has 0 amide bonds. The van der Waals surface area contributed by atoms with E-state index in [1.807, 2.05) is 56.4 Å². The summed E-state index contributed by atoms with van der Waals surface area (Å²) in [7, 11) is 3.93. The van der Waals surface area contributed by atoms with Gasteiger partial charge in [0.05, 0.1) is 23.0 Å². The van der Waals surface area contributed by atoms with Crippen LogP contribution in [0.1, 0.15) is 43.0 Å². The molecule has 5 nitrogen and oxygen atoms in total. The van der Waals surface area contributed by atoms with Crippen molar-refractivity contribution in [1.29, 1.82) is 5.41 Å². The van der Waals surface area contributed by atoms with Crippen molar-refractivity contribution >= 4 is 35.6 Å². The van der Waals surface area contributed by atoms with E-state index in [1.54, 1.807) is 0 Å². The number of nitrogens with zero attached hydrogens (tertiary/aromatic N) is 2. The number of nitrogens with one attached hydrogen (secondary N) is 2. The van der Waals surface area contributed by atoms with E-state index in [2.05, 4.69) is 10.3 Å². The predicted molar refractivity (Wildman–Crippen MR) is 147 cm³/mol. The lowest BCUT2D eigenvalue weighted by Crippen LogP contribution is -2.21. The van der Waals surface area contributed by atoms with E-state index in [-0.39, 0.29) is 11.6 Å². The number of carbonyl (C=O) groups excluding carboxylic acids is 1. The highest BCUT2D eigenvalue weighted by molar-refractivity contribution is 6.31. The normalized spacial score (nSPS) is 11.8. The second-order valence-electron chi connectivity index (χ2n) is 9.49. The van der Waals surface area contributed by atoms with Crippen LogP contribution in [0.5, 0.6) is 0 Å². The zero-order valence-electron chi connectivity index (χ0n) is 22.4. The predicted octanol–water partition coefficient (Wildman–Crippen LogP) is 8.10. The highest BCUT2D eigenvalue weighted by atomic mass is 35.5. The third kappa shape index (κ3) is 7.97. The van der Waals surface area contributed by atoms with E-state index in [9.17, 15) is 31.1 Å². The summed E-state index contributed by atoms with van der Waals surface area (Å²) in [5.74, 6) is 0.716. The number of hydrogen-bond acceptors (Lipinski definition) is 5. The van der Waals surface area contributed by atoms with Crippen molar-refractivity contribution in [2.75, 3.05) is 30.9 Å². The number of carbonyl (C=O) groups is 1. The van der Waals surface area contributed by atoms with Crippen LogP contribution in [0.3, 0.4) is 0 Å². The first-order valence-electron chi connectivity index (χ1n) is 11.9. The quantitative estimate of drug-likeness (QED) is 0.167. The van der Waals surface area contributed by atoms with Crippen molar-refractivity contribution in [2.24, 2.45) is 0 Å². The summed E-state index contributed by atoms with van der Waals surface area (Å²) in [5.41, 5.74) is -0.942. The van der Waals surface area contributed by atoms with Crippen LogP contribution >= 0.6 is 11.6 Å². The molecule has 0 fully saturated rings. The molecule has 0 aliphatic carbocycles. The third-order valence-electron chi connectivity index (χ3n) is 5.81. The summed E-state index contributed by atoms with van der Waals surface area (Å²) < 4.78 is 75.4. The molecule has 0 radical (unpaired) electrons. The Bertz CT molecular complexity index is 1320. The molecule has 3 aromatic rings. The van der Waals surface area contributed by atoms with Crippen molar-refractivity contribution in [3.05, 3.63) is 75.9 Å². The smallest absolute Gasteiger partial charge is 0.376 e. The van der Waals surface area contributed by atoms with Gasteiger partial charge in [0.1, 0.15) is 12.1 Å². The fourth-order valence-electron chi connectivity index (χ4n) is 3.65. The van der Waals surface area contributed by atoms with Gasteiger partial charge in [-0.05, 0) is 62.2 Å². The largest absolute Gasteiger partial charge is 0.416 e. The monoisotopic (exact) mass is 586 g/mol. The number of halogens is 7. The van der Waals surface area contributed by atoms with Crippen molar-refractivity contribution in [1.82, 2.24) is 4.98 Å². The van der Waals surface area contributed by atoms with Crippen LogP contribution in [0.25, 0.3) is 11.1 Å². The Kier molecular flexibility index (Phi) is 10.4. The minimum Gasteiger partial charge on any atom is -0.376 e.